The summed E-state index contributed by atoms with van der Waals surface area (Å²) in [5.74, 6) is 2.22. The maximum Gasteiger partial charge on any atom is 0.126 e. The lowest BCUT2D eigenvalue weighted by Crippen LogP contribution is -2.11. The minimum absolute atomic E-state index is 0.409. The van der Waals surface area contributed by atoms with Gasteiger partial charge in [0.25, 0.3) is 0 Å². The Morgan fingerprint density at radius 1 is 1.33 bits per heavy atom. The number of aliphatic hydroxyl groups excluding tert-OH is 1. The van der Waals surface area contributed by atoms with E-state index in [0.29, 0.717) is 12.5 Å². The van der Waals surface area contributed by atoms with Crippen LogP contribution in [0.5, 0.6) is 5.75 Å². The fourth-order valence-corrected chi connectivity index (χ4v) is 4.11. The number of rotatable bonds is 4. The second-order valence-electron chi connectivity index (χ2n) is 5.21. The molecule has 2 atom stereocenters. The molecule has 0 radical (unpaired) electrons. The number of hydrogen-bond acceptors (Lipinski definition) is 3. The highest BCUT2D eigenvalue weighted by molar-refractivity contribution is 9.10. The summed E-state index contributed by atoms with van der Waals surface area (Å²) in [7, 11) is 0. The van der Waals surface area contributed by atoms with E-state index in [1.165, 1.54) is 10.5 Å². The molecule has 3 rings (SSSR count). The van der Waals surface area contributed by atoms with Gasteiger partial charge in [-0.2, -0.15) is 0 Å². The highest BCUT2D eigenvalue weighted by Crippen LogP contribution is 2.40. The molecule has 110 valence electrons. The van der Waals surface area contributed by atoms with Gasteiger partial charge >= 0.3 is 0 Å². The molecule has 1 N–H and O–H groups in total. The molecule has 0 saturated carbocycles. The molecule has 0 bridgehead atoms. The molecule has 2 nitrogen and oxygen atoms in total. The van der Waals surface area contributed by atoms with E-state index >= 15 is 0 Å². The summed E-state index contributed by atoms with van der Waals surface area (Å²) in [6, 6.07) is 14.3. The Hall–Kier alpha value is -0.970. The molecule has 21 heavy (non-hydrogen) atoms. The zero-order chi connectivity index (χ0) is 14.8. The van der Waals surface area contributed by atoms with E-state index in [2.05, 4.69) is 40.2 Å². The van der Waals surface area contributed by atoms with Gasteiger partial charge in [0.2, 0.25) is 0 Å². The summed E-state index contributed by atoms with van der Waals surface area (Å²) in [4.78, 5) is 1.36. The Morgan fingerprint density at radius 2 is 2.14 bits per heavy atom. The quantitative estimate of drug-likeness (QED) is 0.846. The lowest BCUT2D eigenvalue weighted by Gasteiger charge is -2.17. The van der Waals surface area contributed by atoms with Crippen molar-refractivity contribution in [1.29, 1.82) is 0 Å². The maximum atomic E-state index is 9.85. The Bertz CT molecular complexity index is 642. The summed E-state index contributed by atoms with van der Waals surface area (Å²) < 4.78 is 6.98. The van der Waals surface area contributed by atoms with Crippen molar-refractivity contribution >= 4 is 27.7 Å². The lowest BCUT2D eigenvalue weighted by molar-refractivity contribution is 0.190. The molecule has 1 aliphatic heterocycles. The molecule has 0 aromatic heterocycles. The number of halogens is 1. The molecule has 1 aliphatic rings. The van der Waals surface area contributed by atoms with Crippen molar-refractivity contribution in [1.82, 2.24) is 0 Å². The summed E-state index contributed by atoms with van der Waals surface area (Å²) in [5, 5.41) is 9.85. The van der Waals surface area contributed by atoms with Crippen molar-refractivity contribution in [3.05, 3.63) is 58.1 Å². The van der Waals surface area contributed by atoms with Crippen molar-refractivity contribution in [3.63, 3.8) is 0 Å². The van der Waals surface area contributed by atoms with E-state index in [1.54, 1.807) is 6.92 Å². The summed E-state index contributed by atoms with van der Waals surface area (Å²) in [5.41, 5.74) is 2.20. The van der Waals surface area contributed by atoms with Gasteiger partial charge in [-0.1, -0.05) is 40.2 Å². The second kappa shape index (κ2) is 6.42. The Balaban J connectivity index is 1.76. The molecule has 0 saturated heterocycles. The summed E-state index contributed by atoms with van der Waals surface area (Å²) in [6.45, 7) is 2.40. The van der Waals surface area contributed by atoms with Crippen LogP contribution in [-0.4, -0.2) is 17.5 Å². The molecule has 0 spiro atoms. The van der Waals surface area contributed by atoms with Crippen molar-refractivity contribution in [2.24, 2.45) is 0 Å². The number of hydrogen-bond donors (Lipinski definition) is 1. The molecule has 0 fully saturated rings. The van der Waals surface area contributed by atoms with Crippen molar-refractivity contribution in [2.75, 3.05) is 12.4 Å². The summed E-state index contributed by atoms with van der Waals surface area (Å²) >= 11 is 5.35. The van der Waals surface area contributed by atoms with Gasteiger partial charge in [-0.15, -0.1) is 11.8 Å². The van der Waals surface area contributed by atoms with Crippen molar-refractivity contribution < 1.29 is 9.84 Å². The van der Waals surface area contributed by atoms with E-state index in [0.717, 1.165) is 21.5 Å². The fraction of sp³-hybridized carbons (Fsp3) is 0.294. The Kier molecular flexibility index (Phi) is 4.57. The third kappa shape index (κ3) is 3.28. The van der Waals surface area contributed by atoms with Crippen LogP contribution in [0.4, 0.5) is 0 Å². The first-order valence-corrected chi connectivity index (χ1v) is 8.75. The summed E-state index contributed by atoms with van der Waals surface area (Å²) in [6.07, 6.45) is -0.529. The second-order valence-corrected chi connectivity index (χ2v) is 7.19. The van der Waals surface area contributed by atoms with Gasteiger partial charge in [0.05, 0.1) is 12.7 Å². The van der Waals surface area contributed by atoms with Gasteiger partial charge in [-0.3, -0.25) is 0 Å². The monoisotopic (exact) mass is 364 g/mol. The van der Waals surface area contributed by atoms with E-state index < -0.39 is 6.10 Å². The fourth-order valence-electron chi connectivity index (χ4n) is 2.54. The van der Waals surface area contributed by atoms with Crippen LogP contribution in [0, 0.1) is 0 Å². The van der Waals surface area contributed by atoms with Gasteiger partial charge in [0, 0.05) is 26.6 Å². The minimum Gasteiger partial charge on any atom is -0.492 e. The Morgan fingerprint density at radius 3 is 2.95 bits per heavy atom. The lowest BCUT2D eigenvalue weighted by atomic mass is 10.0. The van der Waals surface area contributed by atoms with Crippen LogP contribution in [0.1, 0.15) is 30.1 Å². The average Bonchev–Trinajstić information content (AvgIpc) is 2.88. The standard InChI is InChI=1S/C17H17BrO2S/c1-11(19)14-7-6-13(18)8-16(14)20-9-12-10-21-17-5-3-2-4-15(12)17/h2-8,11-12,19H,9-10H2,1H3/t11-,12?/m1/s1. The van der Waals surface area contributed by atoms with Crippen molar-refractivity contribution in [2.45, 2.75) is 23.8 Å². The van der Waals surface area contributed by atoms with E-state index in [-0.39, 0.29) is 0 Å². The largest absolute Gasteiger partial charge is 0.492 e. The van der Waals surface area contributed by atoms with Crippen LogP contribution >= 0.6 is 27.7 Å². The molecule has 1 heterocycles. The number of aliphatic hydroxyl groups is 1. The van der Waals surface area contributed by atoms with Crippen LogP contribution in [0.25, 0.3) is 0 Å². The molecule has 0 amide bonds. The van der Waals surface area contributed by atoms with Crippen molar-refractivity contribution in [3.8, 4) is 5.75 Å². The molecular weight excluding hydrogens is 348 g/mol. The highest BCUT2D eigenvalue weighted by Gasteiger charge is 2.23. The Labute approximate surface area is 137 Å². The normalized spacial score (nSPS) is 18.3. The van der Waals surface area contributed by atoms with Crippen LogP contribution in [-0.2, 0) is 0 Å². The molecular formula is C17H17BrO2S. The maximum absolute atomic E-state index is 9.85. The van der Waals surface area contributed by atoms with Crippen LogP contribution in [0.15, 0.2) is 51.8 Å². The van der Waals surface area contributed by atoms with Gasteiger partial charge in [0.15, 0.2) is 0 Å². The third-order valence-electron chi connectivity index (χ3n) is 3.66. The van der Waals surface area contributed by atoms with E-state index in [4.69, 9.17) is 4.74 Å². The molecule has 0 aliphatic carbocycles. The zero-order valence-corrected chi connectivity index (χ0v) is 14.2. The first-order valence-electron chi connectivity index (χ1n) is 6.97. The average molecular weight is 365 g/mol. The number of fused-ring (bicyclic) bond motifs is 1. The van der Waals surface area contributed by atoms with Crippen LogP contribution in [0.3, 0.4) is 0 Å². The predicted molar refractivity (Wildman–Crippen MR) is 90.2 cm³/mol. The van der Waals surface area contributed by atoms with Gasteiger partial charge in [0.1, 0.15) is 5.75 Å². The number of ether oxygens (including phenoxy) is 1. The SMILES string of the molecule is C[C@@H](O)c1ccc(Br)cc1OCC1CSc2ccccc21. The van der Waals surface area contributed by atoms with E-state index in [9.17, 15) is 5.11 Å². The molecule has 2 aromatic rings. The number of thioether (sulfide) groups is 1. The minimum atomic E-state index is -0.529. The molecule has 4 heteroatoms. The molecule has 1 unspecified atom stereocenters. The highest BCUT2D eigenvalue weighted by atomic mass is 79.9. The number of benzene rings is 2. The predicted octanol–water partition coefficient (Wildman–Crippen LogP) is 4.77. The van der Waals surface area contributed by atoms with Gasteiger partial charge in [-0.25, -0.2) is 0 Å². The smallest absolute Gasteiger partial charge is 0.126 e. The first kappa shape index (κ1) is 14.9. The molecule has 2 aromatic carbocycles. The van der Waals surface area contributed by atoms with Gasteiger partial charge in [-0.05, 0) is 30.7 Å². The van der Waals surface area contributed by atoms with Crippen LogP contribution in [0.2, 0.25) is 0 Å². The first-order chi connectivity index (χ1) is 10.1. The van der Waals surface area contributed by atoms with E-state index in [1.807, 2.05) is 30.0 Å². The van der Waals surface area contributed by atoms with Gasteiger partial charge < -0.3 is 9.84 Å². The van der Waals surface area contributed by atoms with Crippen LogP contribution < -0.4 is 4.74 Å². The topological polar surface area (TPSA) is 29.5 Å². The zero-order valence-electron chi connectivity index (χ0n) is 11.8. The third-order valence-corrected chi connectivity index (χ3v) is 5.41.